The summed E-state index contributed by atoms with van der Waals surface area (Å²) < 4.78 is 17.1. The molecule has 1 amide bonds. The summed E-state index contributed by atoms with van der Waals surface area (Å²) in [7, 11) is -1.43. The van der Waals surface area contributed by atoms with E-state index in [0.717, 1.165) is 0 Å². The second-order valence-electron chi connectivity index (χ2n) is 7.24. The molecule has 2 aliphatic rings. The zero-order chi connectivity index (χ0) is 16.3. The Hall–Kier alpha value is -0.950. The van der Waals surface area contributed by atoms with Crippen LogP contribution in [-0.4, -0.2) is 54.0 Å². The minimum Gasteiger partial charge on any atom is -0.458 e. The lowest BCUT2D eigenvalue weighted by atomic mass is 9.88. The molecule has 2 rings (SSSR count). The van der Waals surface area contributed by atoms with Crippen LogP contribution in [0.3, 0.4) is 0 Å². The molecule has 0 aliphatic carbocycles. The topological polar surface area (TPSA) is 83.9 Å². The van der Waals surface area contributed by atoms with Crippen LogP contribution >= 0.6 is 0 Å². The van der Waals surface area contributed by atoms with Crippen molar-refractivity contribution in [3.63, 3.8) is 0 Å². The highest BCUT2D eigenvalue weighted by Crippen LogP contribution is 2.47. The lowest BCUT2D eigenvalue weighted by Crippen LogP contribution is -2.66. The second kappa shape index (κ2) is 4.78. The highest BCUT2D eigenvalue weighted by Gasteiger charge is 2.69. The van der Waals surface area contributed by atoms with Crippen LogP contribution in [-0.2, 0) is 25.1 Å². The quantitative estimate of drug-likeness (QED) is 0.589. The standard InChI is InChI=1S/C14H23NO5S/c1-7(16)8-10(17)15-9(12(18)20-13(2,3)4)14(5,6)21(19)11(8)15/h7-9,11,16H,1-6H3/t7?,8-,9-,11+,21?/m0/s1. The van der Waals surface area contributed by atoms with Crippen molar-refractivity contribution >= 4 is 22.7 Å². The van der Waals surface area contributed by atoms with Crippen LogP contribution in [0.5, 0.6) is 0 Å². The predicted molar refractivity (Wildman–Crippen MR) is 77.7 cm³/mol. The molecule has 2 aliphatic heterocycles. The van der Waals surface area contributed by atoms with E-state index >= 15 is 0 Å². The molecule has 2 fully saturated rings. The number of aliphatic hydroxyl groups is 1. The van der Waals surface area contributed by atoms with E-state index in [-0.39, 0.29) is 5.91 Å². The molecule has 0 saturated carbocycles. The van der Waals surface area contributed by atoms with E-state index < -0.39 is 50.6 Å². The van der Waals surface area contributed by atoms with Crippen molar-refractivity contribution in [3.8, 4) is 0 Å². The SMILES string of the molecule is CC(O)[C@H]1C(=O)N2[C@@H]1S(=O)C(C)(C)[C@@H]2C(=O)OC(C)(C)C. The van der Waals surface area contributed by atoms with Crippen LogP contribution in [0.2, 0.25) is 0 Å². The van der Waals surface area contributed by atoms with Gasteiger partial charge in [0, 0.05) is 0 Å². The van der Waals surface area contributed by atoms with Crippen molar-refractivity contribution in [3.05, 3.63) is 0 Å². The Kier molecular flexibility index (Phi) is 3.73. The molecule has 21 heavy (non-hydrogen) atoms. The highest BCUT2D eigenvalue weighted by atomic mass is 32.2. The summed E-state index contributed by atoms with van der Waals surface area (Å²) in [4.78, 5) is 26.0. The molecule has 0 aromatic carbocycles. The van der Waals surface area contributed by atoms with Crippen molar-refractivity contribution in [1.82, 2.24) is 4.90 Å². The average Bonchev–Trinajstić information content (AvgIpc) is 2.43. The van der Waals surface area contributed by atoms with Gasteiger partial charge in [-0.25, -0.2) is 4.79 Å². The molecule has 1 N–H and O–H groups in total. The summed E-state index contributed by atoms with van der Waals surface area (Å²) in [6, 6.07) is -0.870. The minimum atomic E-state index is -1.43. The van der Waals surface area contributed by atoms with E-state index in [0.29, 0.717) is 0 Å². The fourth-order valence-electron chi connectivity index (χ4n) is 2.98. The van der Waals surface area contributed by atoms with Gasteiger partial charge in [0.2, 0.25) is 5.91 Å². The molecule has 0 aromatic heterocycles. The normalized spacial score (nSPS) is 36.0. The molecule has 0 spiro atoms. The largest absolute Gasteiger partial charge is 0.458 e. The fraction of sp³-hybridized carbons (Fsp3) is 0.857. The number of nitrogens with zero attached hydrogens (tertiary/aromatic N) is 1. The summed E-state index contributed by atoms with van der Waals surface area (Å²) in [5.74, 6) is -1.57. The predicted octanol–water partition coefficient (Wildman–Crippen LogP) is 0.403. The first-order chi connectivity index (χ1) is 9.39. The van der Waals surface area contributed by atoms with Crippen molar-refractivity contribution < 1.29 is 23.6 Å². The van der Waals surface area contributed by atoms with Crippen LogP contribution < -0.4 is 0 Å². The molecular formula is C14H23NO5S. The third-order valence-electron chi connectivity index (χ3n) is 3.95. The molecule has 2 heterocycles. The van der Waals surface area contributed by atoms with Crippen molar-refractivity contribution in [2.24, 2.45) is 5.92 Å². The van der Waals surface area contributed by atoms with Gasteiger partial charge in [-0.1, -0.05) is 0 Å². The van der Waals surface area contributed by atoms with Crippen LogP contribution in [0.15, 0.2) is 0 Å². The lowest BCUT2D eigenvalue weighted by molar-refractivity contribution is -0.176. The number of ether oxygens (including phenoxy) is 1. The van der Waals surface area contributed by atoms with Gasteiger partial charge in [-0.2, -0.15) is 0 Å². The number of hydrogen-bond acceptors (Lipinski definition) is 5. The monoisotopic (exact) mass is 317 g/mol. The Morgan fingerprint density at radius 3 is 2.38 bits per heavy atom. The molecule has 6 nitrogen and oxygen atoms in total. The molecule has 2 unspecified atom stereocenters. The van der Waals surface area contributed by atoms with Crippen molar-refractivity contribution in [1.29, 1.82) is 0 Å². The maximum atomic E-state index is 12.6. The van der Waals surface area contributed by atoms with Gasteiger partial charge in [-0.05, 0) is 41.5 Å². The first-order valence-electron chi connectivity index (χ1n) is 7.03. The van der Waals surface area contributed by atoms with Gasteiger partial charge in [-0.3, -0.25) is 9.00 Å². The highest BCUT2D eigenvalue weighted by molar-refractivity contribution is 7.87. The second-order valence-corrected chi connectivity index (χ2v) is 9.37. The van der Waals surface area contributed by atoms with Crippen LogP contribution in [0, 0.1) is 5.92 Å². The molecule has 2 saturated heterocycles. The van der Waals surface area contributed by atoms with E-state index in [2.05, 4.69) is 0 Å². The van der Waals surface area contributed by atoms with Gasteiger partial charge in [0.1, 0.15) is 17.0 Å². The Bertz CT molecular complexity index is 508. The maximum Gasteiger partial charge on any atom is 0.330 e. The summed E-state index contributed by atoms with van der Waals surface area (Å²) in [5, 5.41) is 9.08. The molecule has 0 radical (unpaired) electrons. The number of esters is 1. The number of rotatable bonds is 2. The summed E-state index contributed by atoms with van der Waals surface area (Å²) >= 11 is 0. The Labute approximate surface area is 127 Å². The average molecular weight is 317 g/mol. The van der Waals surface area contributed by atoms with Gasteiger partial charge in [-0.15, -0.1) is 0 Å². The molecule has 5 atom stereocenters. The number of aliphatic hydroxyl groups excluding tert-OH is 1. The van der Waals surface area contributed by atoms with Crippen LogP contribution in [0.1, 0.15) is 41.5 Å². The third kappa shape index (κ3) is 2.40. The zero-order valence-corrected chi connectivity index (χ0v) is 14.1. The minimum absolute atomic E-state index is 0.329. The van der Waals surface area contributed by atoms with Gasteiger partial charge in [0.25, 0.3) is 0 Å². The molecule has 0 aromatic rings. The fourth-order valence-corrected chi connectivity index (χ4v) is 5.07. The number of hydrogen-bond donors (Lipinski definition) is 1. The Morgan fingerprint density at radius 2 is 1.95 bits per heavy atom. The molecule has 120 valence electrons. The Morgan fingerprint density at radius 1 is 1.43 bits per heavy atom. The van der Waals surface area contributed by atoms with Crippen LogP contribution in [0.4, 0.5) is 0 Å². The first kappa shape index (κ1) is 16.4. The summed E-state index contributed by atoms with van der Waals surface area (Å²) in [5.41, 5.74) is -0.676. The number of amides is 1. The molecular weight excluding hydrogens is 294 g/mol. The first-order valence-corrected chi connectivity index (χ1v) is 8.24. The molecule has 0 bridgehead atoms. The maximum absolute atomic E-state index is 12.6. The van der Waals surface area contributed by atoms with Gasteiger partial charge >= 0.3 is 5.97 Å². The van der Waals surface area contributed by atoms with Crippen LogP contribution in [0.25, 0.3) is 0 Å². The van der Waals surface area contributed by atoms with E-state index in [1.165, 1.54) is 11.8 Å². The Balaban J connectivity index is 2.33. The number of carbonyl (C=O) groups excluding carboxylic acids is 2. The lowest BCUT2D eigenvalue weighted by Gasteiger charge is -2.44. The summed E-state index contributed by atoms with van der Waals surface area (Å²) in [6.45, 7) is 10.1. The van der Waals surface area contributed by atoms with Crippen molar-refractivity contribution in [2.45, 2.75) is 69.4 Å². The molecule has 7 heteroatoms. The number of carbonyl (C=O) groups is 2. The third-order valence-corrected chi connectivity index (χ3v) is 6.16. The number of β-lactam (4-membered cyclic amide) rings is 1. The van der Waals surface area contributed by atoms with Crippen molar-refractivity contribution in [2.75, 3.05) is 0 Å². The van der Waals surface area contributed by atoms with Gasteiger partial charge in [0.15, 0.2) is 0 Å². The van der Waals surface area contributed by atoms with Gasteiger partial charge < -0.3 is 14.7 Å². The van der Waals surface area contributed by atoms with E-state index in [9.17, 15) is 18.9 Å². The van der Waals surface area contributed by atoms with Gasteiger partial charge in [0.05, 0.1) is 27.6 Å². The van der Waals surface area contributed by atoms with E-state index in [1.54, 1.807) is 34.6 Å². The zero-order valence-electron chi connectivity index (χ0n) is 13.2. The smallest absolute Gasteiger partial charge is 0.330 e. The van der Waals surface area contributed by atoms with E-state index in [1.807, 2.05) is 0 Å². The number of fused-ring (bicyclic) bond motifs is 1. The summed E-state index contributed by atoms with van der Waals surface area (Å²) in [6.07, 6.45) is -0.879. The van der Waals surface area contributed by atoms with E-state index in [4.69, 9.17) is 4.74 Å².